The summed E-state index contributed by atoms with van der Waals surface area (Å²) in [7, 11) is -3.48. The molecule has 0 bridgehead atoms. The number of rotatable bonds is 5. The fraction of sp³-hybridized carbons (Fsp3) is 0.379. The molecule has 0 aliphatic carbocycles. The van der Waals surface area contributed by atoms with Crippen molar-refractivity contribution < 1.29 is 8.42 Å². The maximum atomic E-state index is 13.6. The second-order valence-electron chi connectivity index (χ2n) is 9.57. The zero-order valence-corrected chi connectivity index (χ0v) is 21.3. The third-order valence-corrected chi connectivity index (χ3v) is 9.86. The summed E-state index contributed by atoms with van der Waals surface area (Å²) < 4.78 is 28.9. The predicted molar refractivity (Wildman–Crippen MR) is 137 cm³/mol. The first kappa shape index (κ1) is 23.7. The maximum Gasteiger partial charge on any atom is 0.243 e. The molecule has 0 spiro atoms. The van der Waals surface area contributed by atoms with Crippen LogP contribution in [0.5, 0.6) is 0 Å². The van der Waals surface area contributed by atoms with Gasteiger partial charge in [-0.3, -0.25) is 0 Å². The molecule has 0 radical (unpaired) electrons. The van der Waals surface area contributed by atoms with E-state index in [9.17, 15) is 8.42 Å². The van der Waals surface area contributed by atoms with Gasteiger partial charge >= 0.3 is 0 Å². The van der Waals surface area contributed by atoms with Crippen molar-refractivity contribution in [3.05, 3.63) is 88.0 Å². The van der Waals surface area contributed by atoms with Crippen LogP contribution in [-0.2, 0) is 16.4 Å². The van der Waals surface area contributed by atoms with Crippen LogP contribution in [0.3, 0.4) is 0 Å². The normalized spacial score (nSPS) is 15.7. The van der Waals surface area contributed by atoms with Gasteiger partial charge in [0.05, 0.1) is 4.90 Å². The van der Waals surface area contributed by atoms with E-state index in [2.05, 4.69) is 55.5 Å². The molecule has 4 rings (SSSR count). The van der Waals surface area contributed by atoms with Gasteiger partial charge in [-0.05, 0) is 104 Å². The van der Waals surface area contributed by atoms with Crippen LogP contribution >= 0.6 is 0 Å². The lowest BCUT2D eigenvalue weighted by molar-refractivity contribution is 0.272. The zero-order valence-electron chi connectivity index (χ0n) is 20.5. The molecule has 1 aliphatic heterocycles. The minimum absolute atomic E-state index is 0.516. The van der Waals surface area contributed by atoms with E-state index in [1.54, 1.807) is 4.31 Å². The number of piperidine rings is 1. The number of hydrogen-bond acceptors (Lipinski definition) is 2. The summed E-state index contributed by atoms with van der Waals surface area (Å²) >= 11 is 0. The van der Waals surface area contributed by atoms with E-state index in [-0.39, 0.29) is 0 Å². The molecule has 33 heavy (non-hydrogen) atoms. The van der Waals surface area contributed by atoms with Crippen molar-refractivity contribution in [3.8, 4) is 11.1 Å². The largest absolute Gasteiger partial charge is 0.243 e. The van der Waals surface area contributed by atoms with Crippen molar-refractivity contribution in [1.29, 1.82) is 0 Å². The summed E-state index contributed by atoms with van der Waals surface area (Å²) in [5, 5.41) is 0. The van der Waals surface area contributed by atoms with Crippen LogP contribution in [0.4, 0.5) is 0 Å². The highest BCUT2D eigenvalue weighted by Gasteiger charge is 2.32. The number of benzene rings is 3. The van der Waals surface area contributed by atoms with Gasteiger partial charge in [-0.2, -0.15) is 4.31 Å². The Balaban J connectivity index is 1.44. The highest BCUT2D eigenvalue weighted by atomic mass is 32.2. The van der Waals surface area contributed by atoms with Gasteiger partial charge in [0.2, 0.25) is 10.0 Å². The van der Waals surface area contributed by atoms with Gasteiger partial charge in [0.1, 0.15) is 0 Å². The lowest BCUT2D eigenvalue weighted by Gasteiger charge is -2.32. The van der Waals surface area contributed by atoms with Crippen LogP contribution < -0.4 is 0 Å². The average Bonchev–Trinajstić information content (AvgIpc) is 2.83. The van der Waals surface area contributed by atoms with Gasteiger partial charge in [0.15, 0.2) is 0 Å². The second kappa shape index (κ2) is 9.44. The molecule has 0 aromatic heterocycles. The standard InChI is InChI=1S/C29H35NO2S/c1-20-21(2)23(4)29(24(5)22(20)3)33(31,32)30-17-15-26(16-18-30)19-25-11-13-28(14-12-25)27-9-7-6-8-10-27/h6-14,26H,15-19H2,1-5H3. The molecule has 1 saturated heterocycles. The van der Waals surface area contributed by atoms with E-state index in [4.69, 9.17) is 0 Å². The first-order valence-corrected chi connectivity index (χ1v) is 13.4. The van der Waals surface area contributed by atoms with Crippen molar-refractivity contribution in [2.45, 2.75) is 58.8 Å². The molecule has 3 aromatic carbocycles. The Bertz CT molecular complexity index is 1210. The van der Waals surface area contributed by atoms with Gasteiger partial charge in [-0.1, -0.05) is 54.6 Å². The van der Waals surface area contributed by atoms with Gasteiger partial charge < -0.3 is 0 Å². The van der Waals surface area contributed by atoms with Gasteiger partial charge in [-0.15, -0.1) is 0 Å². The number of sulfonamides is 1. The molecule has 0 saturated carbocycles. The van der Waals surface area contributed by atoms with E-state index in [0.717, 1.165) is 41.5 Å². The Morgan fingerprint density at radius 2 is 1.18 bits per heavy atom. The first-order chi connectivity index (χ1) is 15.7. The van der Waals surface area contributed by atoms with Crippen LogP contribution in [0.25, 0.3) is 11.1 Å². The fourth-order valence-electron chi connectivity index (χ4n) is 5.13. The van der Waals surface area contributed by atoms with Crippen molar-refractivity contribution in [3.63, 3.8) is 0 Å². The Morgan fingerprint density at radius 3 is 1.73 bits per heavy atom. The third kappa shape index (κ3) is 4.64. The molecule has 0 N–H and O–H groups in total. The van der Waals surface area contributed by atoms with E-state index in [1.807, 2.05) is 33.8 Å². The fourth-order valence-corrected chi connectivity index (χ4v) is 7.16. The Kier molecular flexibility index (Phi) is 6.78. The smallest absolute Gasteiger partial charge is 0.207 e. The summed E-state index contributed by atoms with van der Waals surface area (Å²) in [6, 6.07) is 19.2. The van der Waals surface area contributed by atoms with Crippen LogP contribution in [0, 0.1) is 40.5 Å². The quantitative estimate of drug-likeness (QED) is 0.433. The molecular weight excluding hydrogens is 426 g/mol. The SMILES string of the molecule is Cc1c(C)c(C)c(S(=O)(=O)N2CCC(Cc3ccc(-c4ccccc4)cc3)CC2)c(C)c1C. The molecule has 1 fully saturated rings. The Hall–Kier alpha value is -2.43. The van der Waals surface area contributed by atoms with Crippen LogP contribution in [0.2, 0.25) is 0 Å². The Morgan fingerprint density at radius 1 is 0.697 bits per heavy atom. The van der Waals surface area contributed by atoms with Crippen LogP contribution in [0.15, 0.2) is 59.5 Å². The molecule has 0 unspecified atom stereocenters. The van der Waals surface area contributed by atoms with Crippen molar-refractivity contribution in [1.82, 2.24) is 4.31 Å². The van der Waals surface area contributed by atoms with Crippen molar-refractivity contribution >= 4 is 10.0 Å². The predicted octanol–water partition coefficient (Wildman–Crippen LogP) is 6.54. The molecule has 1 heterocycles. The Labute approximate surface area is 199 Å². The highest BCUT2D eigenvalue weighted by Crippen LogP contribution is 2.34. The molecule has 1 aliphatic rings. The van der Waals surface area contributed by atoms with E-state index < -0.39 is 10.0 Å². The molecule has 174 valence electrons. The lowest BCUT2D eigenvalue weighted by atomic mass is 9.90. The number of hydrogen-bond donors (Lipinski definition) is 0. The third-order valence-electron chi connectivity index (χ3n) is 7.69. The van der Waals surface area contributed by atoms with Crippen molar-refractivity contribution in [2.24, 2.45) is 5.92 Å². The topological polar surface area (TPSA) is 37.4 Å². The van der Waals surface area contributed by atoms with Gasteiger partial charge in [-0.25, -0.2) is 8.42 Å². The number of nitrogens with zero attached hydrogens (tertiary/aromatic N) is 1. The highest BCUT2D eigenvalue weighted by molar-refractivity contribution is 7.89. The monoisotopic (exact) mass is 461 g/mol. The van der Waals surface area contributed by atoms with Gasteiger partial charge in [0.25, 0.3) is 0 Å². The van der Waals surface area contributed by atoms with Crippen LogP contribution in [0.1, 0.15) is 46.2 Å². The van der Waals surface area contributed by atoms with Gasteiger partial charge in [0, 0.05) is 13.1 Å². The van der Waals surface area contributed by atoms with Crippen LogP contribution in [-0.4, -0.2) is 25.8 Å². The minimum Gasteiger partial charge on any atom is -0.207 e. The molecular formula is C29H35NO2S. The summed E-state index contributed by atoms with van der Waals surface area (Å²) in [5.41, 5.74) is 8.96. The molecule has 0 amide bonds. The second-order valence-corrected chi connectivity index (χ2v) is 11.4. The summed E-state index contributed by atoms with van der Waals surface area (Å²) in [6.45, 7) is 11.2. The minimum atomic E-state index is -3.48. The zero-order chi connectivity index (χ0) is 23.8. The first-order valence-electron chi connectivity index (χ1n) is 11.9. The molecule has 3 aromatic rings. The summed E-state index contributed by atoms with van der Waals surface area (Å²) in [6.07, 6.45) is 2.81. The van der Waals surface area contributed by atoms with Crippen molar-refractivity contribution in [2.75, 3.05) is 13.1 Å². The maximum absolute atomic E-state index is 13.6. The van der Waals surface area contributed by atoms with E-state index >= 15 is 0 Å². The lowest BCUT2D eigenvalue weighted by Crippen LogP contribution is -2.39. The van der Waals surface area contributed by atoms with E-state index in [1.165, 1.54) is 22.3 Å². The summed E-state index contributed by atoms with van der Waals surface area (Å²) in [5.74, 6) is 0.516. The molecule has 4 heteroatoms. The summed E-state index contributed by atoms with van der Waals surface area (Å²) in [4.78, 5) is 0.526. The molecule has 0 atom stereocenters. The average molecular weight is 462 g/mol. The van der Waals surface area contributed by atoms with E-state index in [0.29, 0.717) is 23.9 Å². The molecule has 3 nitrogen and oxygen atoms in total.